The number of carbonyl (C=O) groups excluding carboxylic acids is 1. The fourth-order valence-electron chi connectivity index (χ4n) is 4.47. The van der Waals surface area contributed by atoms with Gasteiger partial charge in [0.1, 0.15) is 5.82 Å². The van der Waals surface area contributed by atoms with Crippen LogP contribution in [0.4, 0.5) is 11.4 Å². The number of nitrogens with two attached hydrogens (primary N) is 1. The van der Waals surface area contributed by atoms with Gasteiger partial charge >= 0.3 is 0 Å². The Labute approximate surface area is 200 Å². The zero-order chi connectivity index (χ0) is 23.7. The Bertz CT molecular complexity index is 1220. The van der Waals surface area contributed by atoms with E-state index in [0.717, 1.165) is 27.6 Å². The number of nitrogens with zero attached hydrogens (tertiary/aromatic N) is 3. The topological polar surface area (TPSA) is 113 Å². The molecule has 0 amide bonds. The predicted molar refractivity (Wildman–Crippen MR) is 131 cm³/mol. The lowest BCUT2D eigenvalue weighted by molar-refractivity contribution is -0.384. The largest absolute Gasteiger partial charge is 0.384 e. The van der Waals surface area contributed by atoms with Crippen molar-refractivity contribution in [1.82, 2.24) is 0 Å². The highest BCUT2D eigenvalue weighted by Gasteiger charge is 2.41. The van der Waals surface area contributed by atoms with Gasteiger partial charge < -0.3 is 5.73 Å². The molecular formula is C24H24N4O3S2. The van der Waals surface area contributed by atoms with Gasteiger partial charge in [0.25, 0.3) is 5.69 Å². The Morgan fingerprint density at radius 1 is 1.30 bits per heavy atom. The van der Waals surface area contributed by atoms with Crippen LogP contribution < -0.4 is 10.6 Å². The summed E-state index contributed by atoms with van der Waals surface area (Å²) in [6, 6.07) is 10.5. The van der Waals surface area contributed by atoms with Crippen molar-refractivity contribution in [2.24, 2.45) is 5.73 Å². The van der Waals surface area contributed by atoms with E-state index in [0.29, 0.717) is 36.1 Å². The van der Waals surface area contributed by atoms with E-state index < -0.39 is 10.8 Å². The number of hydrogen-bond donors (Lipinski definition) is 1. The monoisotopic (exact) mass is 480 g/mol. The van der Waals surface area contributed by atoms with Crippen molar-refractivity contribution in [3.63, 3.8) is 0 Å². The van der Waals surface area contributed by atoms with Crippen molar-refractivity contribution < 1.29 is 9.72 Å². The van der Waals surface area contributed by atoms with Crippen molar-refractivity contribution in [3.05, 3.63) is 73.6 Å². The number of nitro groups is 1. The lowest BCUT2D eigenvalue weighted by Crippen LogP contribution is -2.38. The molecule has 0 fully saturated rings. The molecular weight excluding hydrogens is 456 g/mol. The molecule has 2 heterocycles. The van der Waals surface area contributed by atoms with Crippen LogP contribution >= 0.6 is 23.1 Å². The molecule has 0 radical (unpaired) electrons. The number of ketones is 1. The standard InChI is InChI=1S/C24H24N4O3S2/c1-3-16-12-17(24(33-16)32-4-2)21-18(13-25)23(26)27(19-6-5-7-20(29)22(19)21)14-8-10-15(11-9-14)28(30)31/h8-12,21H,3-7,26H2,1-2H3/t21-/m0/s1. The van der Waals surface area contributed by atoms with Gasteiger partial charge in [-0.3, -0.25) is 19.8 Å². The number of allylic oxidation sites excluding steroid dienone is 3. The van der Waals surface area contributed by atoms with E-state index >= 15 is 0 Å². The Hall–Kier alpha value is -3.09. The summed E-state index contributed by atoms with van der Waals surface area (Å²) in [7, 11) is 0. The molecule has 9 heteroatoms. The maximum absolute atomic E-state index is 13.3. The van der Waals surface area contributed by atoms with E-state index in [4.69, 9.17) is 5.73 Å². The van der Waals surface area contributed by atoms with Gasteiger partial charge in [0.15, 0.2) is 5.78 Å². The zero-order valence-electron chi connectivity index (χ0n) is 18.5. The molecule has 2 aliphatic rings. The molecule has 7 nitrogen and oxygen atoms in total. The number of anilines is 1. The SMILES string of the molecule is CCSc1sc(CC)cc1[C@H]1C(C#N)=C(N)N(c2ccc([N+](=O)[O-])cc2)C2=C1C(=O)CCC2. The van der Waals surface area contributed by atoms with Crippen LogP contribution in [0, 0.1) is 21.4 Å². The number of benzene rings is 1. The minimum absolute atomic E-state index is 0.0304. The first-order valence-electron chi connectivity index (χ1n) is 10.9. The molecule has 2 aromatic rings. The Kier molecular flexibility index (Phi) is 6.58. The molecule has 2 N–H and O–H groups in total. The molecule has 1 atom stereocenters. The summed E-state index contributed by atoms with van der Waals surface area (Å²) in [6.45, 7) is 4.18. The highest BCUT2D eigenvalue weighted by atomic mass is 32.2. The van der Waals surface area contributed by atoms with Crippen LogP contribution in [0.3, 0.4) is 0 Å². The van der Waals surface area contributed by atoms with Crippen molar-refractivity contribution >= 4 is 40.3 Å². The second-order valence-electron chi connectivity index (χ2n) is 7.83. The number of Topliss-reactive ketones (excluding diaryl/α,β-unsaturated/α-hetero) is 1. The summed E-state index contributed by atoms with van der Waals surface area (Å²) < 4.78 is 1.12. The van der Waals surface area contributed by atoms with Crippen LogP contribution in [0.5, 0.6) is 0 Å². The number of carbonyl (C=O) groups is 1. The first-order valence-corrected chi connectivity index (χ1v) is 12.7. The van der Waals surface area contributed by atoms with E-state index in [-0.39, 0.29) is 17.3 Å². The van der Waals surface area contributed by atoms with Crippen LogP contribution in [0.2, 0.25) is 0 Å². The van der Waals surface area contributed by atoms with Gasteiger partial charge in [-0.25, -0.2) is 0 Å². The van der Waals surface area contributed by atoms with Crippen LogP contribution in [-0.2, 0) is 11.2 Å². The van der Waals surface area contributed by atoms with E-state index in [1.807, 2.05) is 0 Å². The van der Waals surface area contributed by atoms with Gasteiger partial charge in [-0.05, 0) is 48.8 Å². The van der Waals surface area contributed by atoms with E-state index in [2.05, 4.69) is 26.0 Å². The molecule has 1 aliphatic carbocycles. The summed E-state index contributed by atoms with van der Waals surface area (Å²) in [4.78, 5) is 26.9. The van der Waals surface area contributed by atoms with E-state index in [1.54, 1.807) is 40.1 Å². The zero-order valence-corrected chi connectivity index (χ0v) is 20.1. The lowest BCUT2D eigenvalue weighted by Gasteiger charge is -2.39. The van der Waals surface area contributed by atoms with E-state index in [1.165, 1.54) is 17.0 Å². The summed E-state index contributed by atoms with van der Waals surface area (Å²) in [5.74, 6) is 0.712. The maximum atomic E-state index is 13.3. The number of nitriles is 1. The highest BCUT2D eigenvalue weighted by Crippen LogP contribution is 2.50. The molecule has 170 valence electrons. The molecule has 1 aromatic carbocycles. The summed E-state index contributed by atoms with van der Waals surface area (Å²) in [6.07, 6.45) is 2.66. The van der Waals surface area contributed by atoms with Crippen LogP contribution in [0.25, 0.3) is 0 Å². The van der Waals surface area contributed by atoms with Gasteiger partial charge in [0.05, 0.1) is 26.7 Å². The van der Waals surface area contributed by atoms with Gasteiger partial charge in [0.2, 0.25) is 0 Å². The van der Waals surface area contributed by atoms with E-state index in [9.17, 15) is 20.2 Å². The fourth-order valence-corrected chi connectivity index (χ4v) is 6.85. The number of hydrogen-bond acceptors (Lipinski definition) is 8. The molecule has 0 bridgehead atoms. The third-order valence-electron chi connectivity index (χ3n) is 5.94. The maximum Gasteiger partial charge on any atom is 0.269 e. The molecule has 0 spiro atoms. The Morgan fingerprint density at radius 3 is 2.64 bits per heavy atom. The number of aryl methyl sites for hydroxylation is 1. The number of nitro benzene ring substituents is 1. The second-order valence-corrected chi connectivity index (χ2v) is 10.5. The number of non-ortho nitro benzene ring substituents is 1. The molecule has 1 aromatic heterocycles. The number of thioether (sulfide) groups is 1. The molecule has 0 saturated heterocycles. The lowest BCUT2D eigenvalue weighted by atomic mass is 9.76. The molecule has 1 aliphatic heterocycles. The van der Waals surface area contributed by atoms with Crippen molar-refractivity contribution in [2.45, 2.75) is 49.7 Å². The number of rotatable bonds is 6. The molecule has 0 saturated carbocycles. The van der Waals surface area contributed by atoms with Crippen LogP contribution in [-0.4, -0.2) is 16.5 Å². The molecule has 33 heavy (non-hydrogen) atoms. The first-order chi connectivity index (χ1) is 15.9. The van der Waals surface area contributed by atoms with Gasteiger partial charge in [-0.15, -0.1) is 23.1 Å². The summed E-state index contributed by atoms with van der Waals surface area (Å²) in [5.41, 5.74) is 9.93. The van der Waals surface area contributed by atoms with Crippen LogP contribution in [0.1, 0.15) is 49.5 Å². The van der Waals surface area contributed by atoms with Crippen molar-refractivity contribution in [2.75, 3.05) is 10.7 Å². The summed E-state index contributed by atoms with van der Waals surface area (Å²) >= 11 is 3.43. The normalized spacial score (nSPS) is 18.4. The molecule has 0 unspecified atom stereocenters. The highest BCUT2D eigenvalue weighted by molar-refractivity contribution is 8.01. The van der Waals surface area contributed by atoms with Crippen molar-refractivity contribution in [3.8, 4) is 6.07 Å². The van der Waals surface area contributed by atoms with Gasteiger partial charge in [-0.2, -0.15) is 5.26 Å². The average Bonchev–Trinajstić information content (AvgIpc) is 3.21. The van der Waals surface area contributed by atoms with Gasteiger partial charge in [0, 0.05) is 40.4 Å². The average molecular weight is 481 g/mol. The van der Waals surface area contributed by atoms with Crippen molar-refractivity contribution in [1.29, 1.82) is 5.26 Å². The van der Waals surface area contributed by atoms with Gasteiger partial charge in [-0.1, -0.05) is 13.8 Å². The quantitative estimate of drug-likeness (QED) is 0.323. The smallest absolute Gasteiger partial charge is 0.269 e. The Balaban J connectivity index is 1.93. The Morgan fingerprint density at radius 2 is 2.03 bits per heavy atom. The minimum Gasteiger partial charge on any atom is -0.384 e. The minimum atomic E-state index is -0.488. The number of thiophene rings is 1. The summed E-state index contributed by atoms with van der Waals surface area (Å²) in [5, 5.41) is 21.3. The van der Waals surface area contributed by atoms with Crippen LogP contribution in [0.15, 0.2) is 57.2 Å². The second kappa shape index (κ2) is 9.41. The third-order valence-corrected chi connectivity index (χ3v) is 8.42. The fraction of sp³-hybridized carbons (Fsp3) is 0.333. The first kappa shape index (κ1) is 23.1. The molecule has 4 rings (SSSR count). The predicted octanol–water partition coefficient (Wildman–Crippen LogP) is 5.64. The third kappa shape index (κ3) is 4.05.